The molecule has 9 nitrogen and oxygen atoms in total. The molecule has 3 heterocycles. The highest BCUT2D eigenvalue weighted by atomic mass is 16.6. The maximum Gasteiger partial charge on any atom is 0.410 e. The van der Waals surface area contributed by atoms with Gasteiger partial charge in [-0.2, -0.15) is 0 Å². The fourth-order valence-corrected chi connectivity index (χ4v) is 4.77. The molecule has 2 aromatic carbocycles. The van der Waals surface area contributed by atoms with Crippen molar-refractivity contribution in [2.45, 2.75) is 38.3 Å². The molecule has 2 fully saturated rings. The van der Waals surface area contributed by atoms with E-state index in [4.69, 9.17) is 18.6 Å². The molecule has 37 heavy (non-hydrogen) atoms. The average Bonchev–Trinajstić information content (AvgIpc) is 3.50. The lowest BCUT2D eigenvalue weighted by atomic mass is 10.0. The number of ether oxygens (including phenoxy) is 3. The number of nitrogens with zero attached hydrogens (tertiary/aromatic N) is 3. The summed E-state index contributed by atoms with van der Waals surface area (Å²) in [4.78, 5) is 33.7. The fraction of sp³-hybridized carbons (Fsp3) is 0.393. The van der Waals surface area contributed by atoms with Gasteiger partial charge in [0.1, 0.15) is 23.9 Å². The molecular weight excluding hydrogens is 474 g/mol. The number of hydrogen-bond donors (Lipinski definition) is 0. The monoisotopic (exact) mass is 505 g/mol. The van der Waals surface area contributed by atoms with E-state index in [1.807, 2.05) is 66.4 Å². The van der Waals surface area contributed by atoms with Gasteiger partial charge in [-0.05, 0) is 56.2 Å². The van der Waals surface area contributed by atoms with E-state index in [1.165, 1.54) is 0 Å². The Morgan fingerprint density at radius 1 is 1.05 bits per heavy atom. The lowest BCUT2D eigenvalue weighted by Gasteiger charge is -2.35. The minimum atomic E-state index is -0.330. The summed E-state index contributed by atoms with van der Waals surface area (Å²) >= 11 is 0. The first-order chi connectivity index (χ1) is 18.0. The number of rotatable bonds is 8. The van der Waals surface area contributed by atoms with E-state index >= 15 is 0 Å². The first kappa shape index (κ1) is 24.7. The van der Waals surface area contributed by atoms with Crippen LogP contribution in [-0.4, -0.2) is 72.3 Å². The van der Waals surface area contributed by atoms with Crippen LogP contribution in [0.25, 0.3) is 11.5 Å². The highest BCUT2D eigenvalue weighted by Crippen LogP contribution is 2.26. The Kier molecular flexibility index (Phi) is 7.30. The molecule has 1 aromatic heterocycles. The molecular formula is C28H31N3O6. The van der Waals surface area contributed by atoms with Gasteiger partial charge in [-0.1, -0.05) is 18.2 Å². The zero-order valence-electron chi connectivity index (χ0n) is 21.1. The summed E-state index contributed by atoms with van der Waals surface area (Å²) in [6.07, 6.45) is 0.964. The highest BCUT2D eigenvalue weighted by Gasteiger charge is 2.38. The summed E-state index contributed by atoms with van der Waals surface area (Å²) in [7, 11) is 1.61. The number of methoxy groups -OCH3 is 1. The molecule has 0 radical (unpaired) electrons. The van der Waals surface area contributed by atoms with Crippen molar-refractivity contribution in [3.63, 3.8) is 0 Å². The van der Waals surface area contributed by atoms with Crippen molar-refractivity contribution in [3.8, 4) is 23.0 Å². The Labute approximate surface area is 215 Å². The van der Waals surface area contributed by atoms with Crippen molar-refractivity contribution in [2.24, 2.45) is 0 Å². The molecule has 1 unspecified atom stereocenters. The normalized spacial score (nSPS) is 18.1. The predicted molar refractivity (Wildman–Crippen MR) is 135 cm³/mol. The average molecular weight is 506 g/mol. The van der Waals surface area contributed by atoms with E-state index < -0.39 is 0 Å². The van der Waals surface area contributed by atoms with Crippen LogP contribution in [0.5, 0.6) is 11.5 Å². The zero-order valence-corrected chi connectivity index (χ0v) is 21.1. The molecule has 2 saturated heterocycles. The Morgan fingerprint density at radius 3 is 2.46 bits per heavy atom. The number of cyclic esters (lactones) is 1. The van der Waals surface area contributed by atoms with Gasteiger partial charge in [0.05, 0.1) is 25.8 Å². The van der Waals surface area contributed by atoms with Crippen molar-refractivity contribution >= 4 is 12.0 Å². The van der Waals surface area contributed by atoms with E-state index in [2.05, 4.69) is 4.98 Å². The molecule has 2 amide bonds. The van der Waals surface area contributed by atoms with Gasteiger partial charge < -0.3 is 28.4 Å². The molecule has 1 atom stereocenters. The summed E-state index contributed by atoms with van der Waals surface area (Å²) in [5.74, 6) is 2.65. The van der Waals surface area contributed by atoms with Crippen molar-refractivity contribution in [1.82, 2.24) is 14.8 Å². The van der Waals surface area contributed by atoms with Gasteiger partial charge in [-0.15, -0.1) is 0 Å². The molecule has 0 spiro atoms. The highest BCUT2D eigenvalue weighted by molar-refractivity contribution is 5.79. The number of benzene rings is 2. The summed E-state index contributed by atoms with van der Waals surface area (Å²) in [6.45, 7) is 3.77. The fourth-order valence-electron chi connectivity index (χ4n) is 4.77. The van der Waals surface area contributed by atoms with Crippen molar-refractivity contribution in [2.75, 3.05) is 33.4 Å². The number of oxazole rings is 1. The lowest BCUT2D eigenvalue weighted by molar-refractivity contribution is -0.131. The van der Waals surface area contributed by atoms with E-state index in [0.29, 0.717) is 55.6 Å². The molecule has 2 aliphatic rings. The Hall–Kier alpha value is -4.01. The first-order valence-electron chi connectivity index (χ1n) is 12.5. The smallest absolute Gasteiger partial charge is 0.410 e. The van der Waals surface area contributed by atoms with Crippen LogP contribution in [0.3, 0.4) is 0 Å². The minimum absolute atomic E-state index is 0.0178. The number of aromatic nitrogens is 1. The van der Waals surface area contributed by atoms with Crippen LogP contribution < -0.4 is 9.47 Å². The summed E-state index contributed by atoms with van der Waals surface area (Å²) < 4.78 is 22.3. The number of hydrogen-bond acceptors (Lipinski definition) is 7. The standard InChI is InChI=1S/C28H31N3O6/c1-19-25(29-27(36-19)20-6-4-3-5-7-20)16-26(32)30-14-12-21(13-15-30)31-17-24(37-28(31)33)18-35-23-10-8-22(34-2)9-11-23/h3-11,21,24H,12-18H2,1-2H3. The number of piperidine rings is 1. The second kappa shape index (κ2) is 10.9. The van der Waals surface area contributed by atoms with Crippen molar-refractivity contribution in [1.29, 1.82) is 0 Å². The van der Waals surface area contributed by atoms with Crippen LogP contribution in [0.2, 0.25) is 0 Å². The van der Waals surface area contributed by atoms with Crippen molar-refractivity contribution < 1.29 is 28.2 Å². The largest absolute Gasteiger partial charge is 0.497 e. The van der Waals surface area contributed by atoms with Crippen LogP contribution in [-0.2, 0) is 16.0 Å². The van der Waals surface area contributed by atoms with E-state index in [1.54, 1.807) is 12.0 Å². The topological polar surface area (TPSA) is 94.3 Å². The molecule has 194 valence electrons. The quantitative estimate of drug-likeness (QED) is 0.455. The van der Waals surface area contributed by atoms with Gasteiger partial charge in [0.25, 0.3) is 0 Å². The Bertz CT molecular complexity index is 1220. The molecule has 0 bridgehead atoms. The van der Waals surface area contributed by atoms with Crippen LogP contribution in [0.4, 0.5) is 4.79 Å². The van der Waals surface area contributed by atoms with E-state index in [-0.39, 0.29) is 37.2 Å². The van der Waals surface area contributed by atoms with Gasteiger partial charge in [0.15, 0.2) is 6.10 Å². The molecule has 2 aliphatic heterocycles. The zero-order chi connectivity index (χ0) is 25.8. The van der Waals surface area contributed by atoms with Crippen molar-refractivity contribution in [3.05, 3.63) is 66.1 Å². The minimum Gasteiger partial charge on any atom is -0.497 e. The second-order valence-corrected chi connectivity index (χ2v) is 9.32. The van der Waals surface area contributed by atoms with Gasteiger partial charge in [0, 0.05) is 24.7 Å². The third-order valence-electron chi connectivity index (χ3n) is 6.89. The first-order valence-corrected chi connectivity index (χ1v) is 12.5. The van der Waals surface area contributed by atoms with Gasteiger partial charge in [-0.25, -0.2) is 9.78 Å². The number of carbonyl (C=O) groups excluding carboxylic acids is 2. The number of aryl methyl sites for hydroxylation is 1. The molecule has 0 aliphatic carbocycles. The maximum absolute atomic E-state index is 13.0. The SMILES string of the molecule is COc1ccc(OCC2CN(C3CCN(C(=O)Cc4nc(-c5ccccc5)oc4C)CC3)C(=O)O2)cc1. The number of carbonyl (C=O) groups is 2. The van der Waals surface area contributed by atoms with Gasteiger partial charge in [-0.3, -0.25) is 4.79 Å². The summed E-state index contributed by atoms with van der Waals surface area (Å²) in [6, 6.07) is 17.0. The number of amides is 2. The summed E-state index contributed by atoms with van der Waals surface area (Å²) in [5, 5.41) is 0. The molecule has 5 rings (SSSR count). The van der Waals surface area contributed by atoms with Gasteiger partial charge >= 0.3 is 6.09 Å². The van der Waals surface area contributed by atoms with Crippen LogP contribution >= 0.6 is 0 Å². The number of likely N-dealkylation sites (tertiary alicyclic amines) is 1. The van der Waals surface area contributed by atoms with E-state index in [9.17, 15) is 9.59 Å². The molecule has 0 N–H and O–H groups in total. The Balaban J connectivity index is 1.10. The van der Waals surface area contributed by atoms with Crippen LogP contribution in [0.15, 0.2) is 59.0 Å². The molecule has 3 aromatic rings. The van der Waals surface area contributed by atoms with Crippen LogP contribution in [0.1, 0.15) is 24.3 Å². The third-order valence-corrected chi connectivity index (χ3v) is 6.89. The molecule has 0 saturated carbocycles. The molecule has 9 heteroatoms. The van der Waals surface area contributed by atoms with Gasteiger partial charge in [0.2, 0.25) is 11.8 Å². The third kappa shape index (κ3) is 5.71. The van der Waals surface area contributed by atoms with Crippen LogP contribution in [0, 0.1) is 6.92 Å². The predicted octanol–water partition coefficient (Wildman–Crippen LogP) is 4.09. The Morgan fingerprint density at radius 2 is 1.76 bits per heavy atom. The lowest BCUT2D eigenvalue weighted by Crippen LogP contribution is -2.47. The second-order valence-electron chi connectivity index (χ2n) is 9.32. The summed E-state index contributed by atoms with van der Waals surface area (Å²) in [5.41, 5.74) is 1.55. The maximum atomic E-state index is 13.0. The van der Waals surface area contributed by atoms with E-state index in [0.717, 1.165) is 11.3 Å².